The zero-order valence-electron chi connectivity index (χ0n) is 14.6. The van der Waals surface area contributed by atoms with E-state index in [0.29, 0.717) is 31.9 Å². The molecular formula is C19H16BrFN2O4S. The predicted octanol–water partition coefficient (Wildman–Crippen LogP) is 3.91. The summed E-state index contributed by atoms with van der Waals surface area (Å²) in [6.07, 6.45) is 0. The summed E-state index contributed by atoms with van der Waals surface area (Å²) in [6.45, 7) is 1.90. The third-order valence-electron chi connectivity index (χ3n) is 4.35. The molecule has 1 aromatic heterocycles. The van der Waals surface area contributed by atoms with Crippen LogP contribution >= 0.6 is 15.9 Å². The van der Waals surface area contributed by atoms with E-state index in [4.69, 9.17) is 9.15 Å². The van der Waals surface area contributed by atoms with Gasteiger partial charge in [0.15, 0.2) is 0 Å². The van der Waals surface area contributed by atoms with Crippen LogP contribution in [0.4, 0.5) is 10.3 Å². The van der Waals surface area contributed by atoms with Crippen molar-refractivity contribution in [2.24, 2.45) is 0 Å². The maximum Gasteiger partial charge on any atom is 0.236 e. The topological polar surface area (TPSA) is 72.6 Å². The second-order valence-electron chi connectivity index (χ2n) is 6.19. The first-order chi connectivity index (χ1) is 13.4. The smallest absolute Gasteiger partial charge is 0.236 e. The normalized spacial score (nSPS) is 15.0. The number of aromatic nitrogens is 1. The molecule has 0 amide bonds. The van der Waals surface area contributed by atoms with Crippen LogP contribution in [-0.4, -0.2) is 39.7 Å². The lowest BCUT2D eigenvalue weighted by molar-refractivity contribution is 0.120. The van der Waals surface area contributed by atoms with E-state index in [1.165, 1.54) is 36.4 Å². The largest absolute Gasteiger partial charge is 0.419 e. The van der Waals surface area contributed by atoms with Crippen molar-refractivity contribution in [3.05, 3.63) is 58.8 Å². The Hall–Kier alpha value is -2.23. The molecule has 1 aliphatic rings. The van der Waals surface area contributed by atoms with Crippen LogP contribution in [-0.2, 0) is 14.6 Å². The highest BCUT2D eigenvalue weighted by atomic mass is 79.9. The minimum absolute atomic E-state index is 0.115. The summed E-state index contributed by atoms with van der Waals surface area (Å²) >= 11 is 3.30. The van der Waals surface area contributed by atoms with Gasteiger partial charge in [0.25, 0.3) is 0 Å². The van der Waals surface area contributed by atoms with E-state index in [1.807, 2.05) is 0 Å². The molecule has 0 radical (unpaired) electrons. The molecule has 1 aliphatic heterocycles. The van der Waals surface area contributed by atoms with Crippen molar-refractivity contribution in [3.63, 3.8) is 0 Å². The molecule has 0 spiro atoms. The fourth-order valence-electron chi connectivity index (χ4n) is 2.88. The lowest BCUT2D eigenvalue weighted by atomic mass is 10.2. The maximum absolute atomic E-state index is 13.3. The number of hydrogen-bond donors (Lipinski definition) is 0. The van der Waals surface area contributed by atoms with Crippen molar-refractivity contribution in [3.8, 4) is 11.5 Å². The Morgan fingerprint density at radius 2 is 1.64 bits per heavy atom. The van der Waals surface area contributed by atoms with E-state index >= 15 is 0 Å². The number of anilines is 1. The molecule has 2 heterocycles. The Kier molecular flexibility index (Phi) is 5.22. The molecule has 2 aromatic carbocycles. The quantitative estimate of drug-likeness (QED) is 0.580. The molecule has 3 aromatic rings. The first-order valence-electron chi connectivity index (χ1n) is 8.55. The maximum atomic E-state index is 13.3. The standard InChI is InChI=1S/C19H16BrFN2O4S/c20-14-3-7-16(8-4-14)28(24,25)18-19(23-9-11-26-12-10-23)27-17(22-18)13-1-5-15(21)6-2-13/h1-8H,9-12H2. The average molecular weight is 467 g/mol. The van der Waals surface area contributed by atoms with Gasteiger partial charge in [-0.2, -0.15) is 4.98 Å². The number of benzene rings is 2. The fourth-order valence-corrected chi connectivity index (χ4v) is 4.47. The summed E-state index contributed by atoms with van der Waals surface area (Å²) in [6, 6.07) is 11.9. The van der Waals surface area contributed by atoms with E-state index < -0.39 is 15.7 Å². The first kappa shape index (κ1) is 19.1. The molecule has 146 valence electrons. The molecule has 0 N–H and O–H groups in total. The monoisotopic (exact) mass is 466 g/mol. The minimum atomic E-state index is -3.91. The van der Waals surface area contributed by atoms with Crippen LogP contribution in [0.3, 0.4) is 0 Å². The predicted molar refractivity (Wildman–Crippen MR) is 105 cm³/mol. The summed E-state index contributed by atoms with van der Waals surface area (Å²) in [5, 5.41) is -0.156. The highest BCUT2D eigenvalue weighted by Crippen LogP contribution is 2.35. The van der Waals surface area contributed by atoms with E-state index in [9.17, 15) is 12.8 Å². The highest BCUT2D eigenvalue weighted by Gasteiger charge is 2.32. The average Bonchev–Trinajstić information content (AvgIpc) is 3.16. The van der Waals surface area contributed by atoms with Crippen LogP contribution < -0.4 is 4.90 Å². The number of oxazole rings is 1. The van der Waals surface area contributed by atoms with Gasteiger partial charge in [0, 0.05) is 23.1 Å². The molecule has 0 bridgehead atoms. The second kappa shape index (κ2) is 7.65. The number of sulfone groups is 1. The van der Waals surface area contributed by atoms with Gasteiger partial charge in [-0.25, -0.2) is 12.8 Å². The molecule has 0 unspecified atom stereocenters. The molecule has 1 saturated heterocycles. The van der Waals surface area contributed by atoms with Gasteiger partial charge in [-0.3, -0.25) is 0 Å². The van der Waals surface area contributed by atoms with Crippen LogP contribution in [0.2, 0.25) is 0 Å². The lowest BCUT2D eigenvalue weighted by Crippen LogP contribution is -2.36. The van der Waals surface area contributed by atoms with Gasteiger partial charge >= 0.3 is 0 Å². The van der Waals surface area contributed by atoms with Crippen molar-refractivity contribution in [1.82, 2.24) is 4.98 Å². The molecule has 28 heavy (non-hydrogen) atoms. The van der Waals surface area contributed by atoms with Gasteiger partial charge in [0.05, 0.1) is 18.1 Å². The molecule has 0 saturated carbocycles. The van der Waals surface area contributed by atoms with Crippen molar-refractivity contribution < 1.29 is 22.0 Å². The molecule has 1 fully saturated rings. The minimum Gasteiger partial charge on any atom is -0.419 e. The Morgan fingerprint density at radius 3 is 2.29 bits per heavy atom. The van der Waals surface area contributed by atoms with Gasteiger partial charge in [-0.05, 0) is 48.5 Å². The van der Waals surface area contributed by atoms with Crippen LogP contribution in [0.25, 0.3) is 11.5 Å². The van der Waals surface area contributed by atoms with E-state index in [1.54, 1.807) is 17.0 Å². The number of ether oxygens (including phenoxy) is 1. The van der Waals surface area contributed by atoms with Crippen LogP contribution in [0.5, 0.6) is 0 Å². The summed E-state index contributed by atoms with van der Waals surface area (Å²) in [7, 11) is -3.91. The Bertz CT molecular complexity index is 1080. The molecule has 9 heteroatoms. The van der Waals surface area contributed by atoms with E-state index in [0.717, 1.165) is 4.47 Å². The third-order valence-corrected chi connectivity index (χ3v) is 6.54. The Labute approximate surface area is 170 Å². The zero-order chi connectivity index (χ0) is 19.7. The number of halogens is 2. The van der Waals surface area contributed by atoms with Gasteiger partial charge in [-0.15, -0.1) is 0 Å². The van der Waals surface area contributed by atoms with Crippen molar-refractivity contribution in [2.45, 2.75) is 9.92 Å². The first-order valence-corrected chi connectivity index (χ1v) is 10.8. The second-order valence-corrected chi connectivity index (χ2v) is 8.97. The molecular weight excluding hydrogens is 451 g/mol. The third kappa shape index (κ3) is 3.69. The number of morpholine rings is 1. The van der Waals surface area contributed by atoms with Crippen molar-refractivity contribution >= 4 is 31.7 Å². The van der Waals surface area contributed by atoms with Crippen LogP contribution in [0.15, 0.2) is 67.3 Å². The Balaban J connectivity index is 1.84. The number of hydrogen-bond acceptors (Lipinski definition) is 6. The zero-order valence-corrected chi connectivity index (χ0v) is 17.0. The van der Waals surface area contributed by atoms with E-state index in [2.05, 4.69) is 20.9 Å². The van der Waals surface area contributed by atoms with Gasteiger partial charge in [0.2, 0.25) is 26.6 Å². The van der Waals surface area contributed by atoms with Crippen molar-refractivity contribution in [2.75, 3.05) is 31.2 Å². The van der Waals surface area contributed by atoms with Gasteiger partial charge < -0.3 is 14.1 Å². The Morgan fingerprint density at radius 1 is 1.00 bits per heavy atom. The number of nitrogens with zero attached hydrogens (tertiary/aromatic N) is 2. The SMILES string of the molecule is O=S(=O)(c1ccc(Br)cc1)c1nc(-c2ccc(F)cc2)oc1N1CCOCC1. The number of rotatable bonds is 4. The summed E-state index contributed by atoms with van der Waals surface area (Å²) in [5.74, 6) is -0.103. The van der Waals surface area contributed by atoms with Crippen LogP contribution in [0, 0.1) is 5.82 Å². The van der Waals surface area contributed by atoms with Gasteiger partial charge in [-0.1, -0.05) is 15.9 Å². The van der Waals surface area contributed by atoms with E-state index in [-0.39, 0.29) is 21.7 Å². The highest BCUT2D eigenvalue weighted by molar-refractivity contribution is 9.10. The molecule has 4 rings (SSSR count). The fraction of sp³-hybridized carbons (Fsp3) is 0.211. The molecule has 6 nitrogen and oxygen atoms in total. The summed E-state index contributed by atoms with van der Waals surface area (Å²) in [5.41, 5.74) is 0.494. The van der Waals surface area contributed by atoms with Crippen molar-refractivity contribution in [1.29, 1.82) is 0 Å². The molecule has 0 atom stereocenters. The van der Waals surface area contributed by atoms with Crippen LogP contribution in [0.1, 0.15) is 0 Å². The summed E-state index contributed by atoms with van der Waals surface area (Å²) in [4.78, 5) is 6.20. The lowest BCUT2D eigenvalue weighted by Gasteiger charge is -2.26. The summed E-state index contributed by atoms with van der Waals surface area (Å²) < 4.78 is 51.7. The molecule has 0 aliphatic carbocycles. The van der Waals surface area contributed by atoms with Gasteiger partial charge in [0.1, 0.15) is 5.82 Å².